The second-order valence-electron chi connectivity index (χ2n) is 4.60. The van der Waals surface area contributed by atoms with Gasteiger partial charge in [-0.1, -0.05) is 18.2 Å². The minimum absolute atomic E-state index is 0.153. The summed E-state index contributed by atoms with van der Waals surface area (Å²) in [5.41, 5.74) is 2.24. The standard InChI is InChI=1S/C16H19NO3/c1-20-16-10-13(4-7-15(16)19)11-17-9-8-12-2-5-14(18)6-3-12/h2-7,10,17-19H,8-9,11H2,1H3. The van der Waals surface area contributed by atoms with Gasteiger partial charge >= 0.3 is 0 Å². The lowest BCUT2D eigenvalue weighted by Crippen LogP contribution is -2.16. The van der Waals surface area contributed by atoms with Crippen molar-refractivity contribution in [1.82, 2.24) is 5.32 Å². The lowest BCUT2D eigenvalue weighted by molar-refractivity contribution is 0.373. The number of phenols is 2. The zero-order chi connectivity index (χ0) is 14.4. The lowest BCUT2D eigenvalue weighted by Gasteiger charge is -2.08. The molecule has 0 aliphatic rings. The van der Waals surface area contributed by atoms with Crippen LogP contribution in [0.5, 0.6) is 17.2 Å². The molecule has 3 N–H and O–H groups in total. The van der Waals surface area contributed by atoms with Gasteiger partial charge in [-0.15, -0.1) is 0 Å². The summed E-state index contributed by atoms with van der Waals surface area (Å²) in [4.78, 5) is 0. The lowest BCUT2D eigenvalue weighted by atomic mass is 10.1. The molecule has 0 heterocycles. The fourth-order valence-electron chi connectivity index (χ4n) is 1.96. The van der Waals surface area contributed by atoms with E-state index in [2.05, 4.69) is 5.32 Å². The molecular weight excluding hydrogens is 254 g/mol. The third-order valence-corrected chi connectivity index (χ3v) is 3.10. The van der Waals surface area contributed by atoms with E-state index in [4.69, 9.17) is 4.74 Å². The largest absolute Gasteiger partial charge is 0.508 e. The number of hydrogen-bond acceptors (Lipinski definition) is 4. The van der Waals surface area contributed by atoms with E-state index in [0.717, 1.165) is 18.5 Å². The van der Waals surface area contributed by atoms with Crippen LogP contribution in [0, 0.1) is 0 Å². The van der Waals surface area contributed by atoms with Crippen molar-refractivity contribution in [3.05, 3.63) is 53.6 Å². The Morgan fingerprint density at radius 1 is 1.00 bits per heavy atom. The first-order chi connectivity index (χ1) is 9.69. The van der Waals surface area contributed by atoms with Crippen LogP contribution in [0.25, 0.3) is 0 Å². The number of phenolic OH excluding ortho intramolecular Hbond substituents is 2. The van der Waals surface area contributed by atoms with Crippen molar-refractivity contribution >= 4 is 0 Å². The van der Waals surface area contributed by atoms with Gasteiger partial charge in [0.15, 0.2) is 11.5 Å². The molecule has 0 aliphatic carbocycles. The molecule has 0 fully saturated rings. The minimum Gasteiger partial charge on any atom is -0.508 e. The Kier molecular flexibility index (Phi) is 4.85. The van der Waals surface area contributed by atoms with Crippen molar-refractivity contribution in [1.29, 1.82) is 0 Å². The van der Waals surface area contributed by atoms with Crippen molar-refractivity contribution < 1.29 is 14.9 Å². The molecule has 2 aromatic carbocycles. The normalized spacial score (nSPS) is 10.4. The molecule has 4 heteroatoms. The molecule has 0 aromatic heterocycles. The number of nitrogens with one attached hydrogen (secondary N) is 1. The van der Waals surface area contributed by atoms with Gasteiger partial charge in [0.2, 0.25) is 0 Å². The van der Waals surface area contributed by atoms with E-state index in [1.54, 1.807) is 18.2 Å². The molecule has 0 saturated heterocycles. The van der Waals surface area contributed by atoms with Gasteiger partial charge in [0.05, 0.1) is 7.11 Å². The Hall–Kier alpha value is -2.20. The summed E-state index contributed by atoms with van der Waals surface area (Å²) in [5.74, 6) is 0.932. The molecule has 0 atom stereocenters. The van der Waals surface area contributed by atoms with Crippen LogP contribution in [0.15, 0.2) is 42.5 Å². The molecule has 0 amide bonds. The van der Waals surface area contributed by atoms with E-state index < -0.39 is 0 Å². The number of benzene rings is 2. The quantitative estimate of drug-likeness (QED) is 0.707. The van der Waals surface area contributed by atoms with Gasteiger partial charge in [-0.2, -0.15) is 0 Å². The Bertz CT molecular complexity index is 552. The van der Waals surface area contributed by atoms with E-state index in [0.29, 0.717) is 12.3 Å². The molecule has 0 spiro atoms. The van der Waals surface area contributed by atoms with Crippen molar-refractivity contribution in [2.45, 2.75) is 13.0 Å². The van der Waals surface area contributed by atoms with Crippen LogP contribution < -0.4 is 10.1 Å². The monoisotopic (exact) mass is 273 g/mol. The van der Waals surface area contributed by atoms with Gasteiger partial charge < -0.3 is 20.3 Å². The van der Waals surface area contributed by atoms with Crippen molar-refractivity contribution in [2.75, 3.05) is 13.7 Å². The minimum atomic E-state index is 0.153. The van der Waals surface area contributed by atoms with Crippen LogP contribution in [0.3, 0.4) is 0 Å². The number of rotatable bonds is 6. The fourth-order valence-corrected chi connectivity index (χ4v) is 1.96. The first kappa shape index (κ1) is 14.2. The summed E-state index contributed by atoms with van der Waals surface area (Å²) in [5, 5.41) is 22.0. The third kappa shape index (κ3) is 3.90. The smallest absolute Gasteiger partial charge is 0.160 e. The van der Waals surface area contributed by atoms with E-state index in [9.17, 15) is 10.2 Å². The van der Waals surface area contributed by atoms with Gasteiger partial charge in [-0.25, -0.2) is 0 Å². The maximum Gasteiger partial charge on any atom is 0.160 e. The molecule has 0 unspecified atom stereocenters. The summed E-state index contributed by atoms with van der Waals surface area (Å²) >= 11 is 0. The van der Waals surface area contributed by atoms with Gasteiger partial charge in [0, 0.05) is 6.54 Å². The zero-order valence-corrected chi connectivity index (χ0v) is 11.5. The zero-order valence-electron chi connectivity index (χ0n) is 11.5. The second-order valence-corrected chi connectivity index (χ2v) is 4.60. The maximum atomic E-state index is 9.51. The van der Waals surface area contributed by atoms with Gasteiger partial charge in [-0.05, 0) is 48.4 Å². The summed E-state index contributed by atoms with van der Waals surface area (Å²) in [6.45, 7) is 1.56. The molecule has 2 rings (SSSR count). The molecule has 4 nitrogen and oxygen atoms in total. The van der Waals surface area contributed by atoms with Crippen LogP contribution in [-0.4, -0.2) is 23.9 Å². The van der Waals surface area contributed by atoms with Crippen molar-refractivity contribution in [3.8, 4) is 17.2 Å². The fraction of sp³-hybridized carbons (Fsp3) is 0.250. The number of methoxy groups -OCH3 is 1. The Morgan fingerprint density at radius 2 is 1.70 bits per heavy atom. The Morgan fingerprint density at radius 3 is 2.40 bits per heavy atom. The van der Waals surface area contributed by atoms with Gasteiger partial charge in [-0.3, -0.25) is 0 Å². The Balaban J connectivity index is 1.79. The number of aromatic hydroxyl groups is 2. The van der Waals surface area contributed by atoms with Crippen LogP contribution in [0.4, 0.5) is 0 Å². The van der Waals surface area contributed by atoms with Crippen LogP contribution in [-0.2, 0) is 13.0 Å². The highest BCUT2D eigenvalue weighted by Crippen LogP contribution is 2.26. The predicted octanol–water partition coefficient (Wildman–Crippen LogP) is 2.44. The molecule has 2 aromatic rings. The van der Waals surface area contributed by atoms with E-state index >= 15 is 0 Å². The van der Waals surface area contributed by atoms with Gasteiger partial charge in [0.25, 0.3) is 0 Å². The predicted molar refractivity (Wildman–Crippen MR) is 78.2 cm³/mol. The molecule has 0 saturated carbocycles. The van der Waals surface area contributed by atoms with E-state index in [1.165, 1.54) is 12.7 Å². The number of ether oxygens (including phenoxy) is 1. The SMILES string of the molecule is COc1cc(CNCCc2ccc(O)cc2)ccc1O. The van der Waals surface area contributed by atoms with Crippen molar-refractivity contribution in [3.63, 3.8) is 0 Å². The third-order valence-electron chi connectivity index (χ3n) is 3.10. The van der Waals surface area contributed by atoms with Crippen molar-refractivity contribution in [2.24, 2.45) is 0 Å². The van der Waals surface area contributed by atoms with Crippen LogP contribution >= 0.6 is 0 Å². The van der Waals surface area contributed by atoms with E-state index in [1.807, 2.05) is 24.3 Å². The summed E-state index contributed by atoms with van der Waals surface area (Å²) < 4.78 is 5.07. The molecule has 106 valence electrons. The number of hydrogen-bond donors (Lipinski definition) is 3. The van der Waals surface area contributed by atoms with E-state index in [-0.39, 0.29) is 11.5 Å². The highest BCUT2D eigenvalue weighted by molar-refractivity contribution is 5.41. The highest BCUT2D eigenvalue weighted by atomic mass is 16.5. The Labute approximate surface area is 118 Å². The maximum absolute atomic E-state index is 9.51. The average molecular weight is 273 g/mol. The summed E-state index contributed by atoms with van der Waals surface area (Å²) in [6, 6.07) is 12.5. The molecule has 20 heavy (non-hydrogen) atoms. The van der Waals surface area contributed by atoms with Crippen LogP contribution in [0.2, 0.25) is 0 Å². The molecular formula is C16H19NO3. The molecule has 0 aliphatic heterocycles. The first-order valence-electron chi connectivity index (χ1n) is 6.53. The average Bonchev–Trinajstić information content (AvgIpc) is 2.47. The topological polar surface area (TPSA) is 61.7 Å². The van der Waals surface area contributed by atoms with Gasteiger partial charge in [0.1, 0.15) is 5.75 Å². The summed E-state index contributed by atoms with van der Waals surface area (Å²) in [6.07, 6.45) is 0.898. The first-order valence-corrected chi connectivity index (χ1v) is 6.53. The van der Waals surface area contributed by atoms with Crippen LogP contribution in [0.1, 0.15) is 11.1 Å². The summed E-state index contributed by atoms with van der Waals surface area (Å²) in [7, 11) is 1.54. The molecule has 0 radical (unpaired) electrons. The highest BCUT2D eigenvalue weighted by Gasteiger charge is 2.02. The molecule has 0 bridgehead atoms. The second kappa shape index (κ2) is 6.82.